The molecule has 0 saturated heterocycles. The van der Waals surface area contributed by atoms with Crippen molar-refractivity contribution in [3.05, 3.63) is 94.5 Å². The molecule has 0 aliphatic rings. The van der Waals surface area contributed by atoms with E-state index in [1.165, 1.54) is 4.31 Å². The lowest BCUT2D eigenvalue weighted by Crippen LogP contribution is -2.29. The van der Waals surface area contributed by atoms with Crippen molar-refractivity contribution in [2.45, 2.75) is 19.9 Å². The van der Waals surface area contributed by atoms with Gasteiger partial charge in [0.15, 0.2) is 0 Å². The number of hydrogen-bond donors (Lipinski definition) is 1. The molecule has 0 saturated carbocycles. The molecular weight excluding hydrogens is 420 g/mol. The average Bonchev–Trinajstić information content (AvgIpc) is 2.73. The summed E-state index contributed by atoms with van der Waals surface area (Å²) in [4.78, 5) is 12.6. The van der Waals surface area contributed by atoms with Gasteiger partial charge in [-0.05, 0) is 53.9 Å². The highest BCUT2D eigenvalue weighted by Gasteiger charge is 2.19. The Balaban J connectivity index is 1.83. The van der Waals surface area contributed by atoms with Crippen LogP contribution >= 0.6 is 11.6 Å². The predicted octanol–water partition coefficient (Wildman–Crippen LogP) is 5.12. The number of carbonyl (C=O) groups is 1. The quantitative estimate of drug-likeness (QED) is 0.552. The van der Waals surface area contributed by atoms with Crippen molar-refractivity contribution in [3.8, 4) is 0 Å². The molecule has 0 spiro atoms. The Kier molecular flexibility index (Phi) is 6.80. The van der Waals surface area contributed by atoms with Crippen molar-refractivity contribution in [1.82, 2.24) is 0 Å². The first-order valence-corrected chi connectivity index (χ1v) is 11.7. The van der Waals surface area contributed by atoms with Gasteiger partial charge in [0.25, 0.3) is 5.91 Å². The summed E-state index contributed by atoms with van der Waals surface area (Å²) in [5.41, 5.74) is 3.41. The van der Waals surface area contributed by atoms with Crippen LogP contribution in [0, 0.1) is 0 Å². The maximum Gasteiger partial charge on any atom is 0.255 e. The van der Waals surface area contributed by atoms with Crippen LogP contribution in [0.1, 0.15) is 28.4 Å². The molecule has 0 aliphatic heterocycles. The van der Waals surface area contributed by atoms with E-state index in [1.807, 2.05) is 37.3 Å². The Morgan fingerprint density at radius 2 is 1.53 bits per heavy atom. The molecule has 7 heteroatoms. The Morgan fingerprint density at radius 3 is 2.13 bits per heavy atom. The smallest absolute Gasteiger partial charge is 0.255 e. The molecule has 1 N–H and O–H groups in total. The molecule has 0 bridgehead atoms. The number of nitrogens with zero attached hydrogens (tertiary/aromatic N) is 1. The van der Waals surface area contributed by atoms with Gasteiger partial charge in [0.1, 0.15) is 0 Å². The summed E-state index contributed by atoms with van der Waals surface area (Å²) in [6.07, 6.45) is 1.95. The van der Waals surface area contributed by atoms with E-state index in [1.54, 1.807) is 42.5 Å². The Labute approximate surface area is 182 Å². The Bertz CT molecular complexity index is 1150. The normalized spacial score (nSPS) is 11.2. The number of carbonyl (C=O) groups excluding carboxylic acids is 1. The first-order chi connectivity index (χ1) is 14.3. The number of sulfonamides is 1. The number of anilines is 2. The van der Waals surface area contributed by atoms with Gasteiger partial charge in [-0.25, -0.2) is 8.42 Å². The van der Waals surface area contributed by atoms with E-state index in [2.05, 4.69) is 5.32 Å². The summed E-state index contributed by atoms with van der Waals surface area (Å²) in [7, 11) is -3.55. The number of para-hydroxylation sites is 1. The molecular formula is C23H23ClN2O3S. The van der Waals surface area contributed by atoms with Crippen molar-refractivity contribution in [1.29, 1.82) is 0 Å². The molecule has 0 fully saturated rings. The van der Waals surface area contributed by atoms with Crippen molar-refractivity contribution in [2.75, 3.05) is 15.9 Å². The standard InChI is InChI=1S/C23H23ClN2O3S/c1-3-17-8-5-7-11-22(17)25-23(27)18-12-14-20(15-13-18)26(30(2,28)29)16-19-9-4-6-10-21(19)24/h4-15H,3,16H2,1-2H3,(H,25,27). The summed E-state index contributed by atoms with van der Waals surface area (Å²) >= 11 is 6.20. The minimum absolute atomic E-state index is 0.105. The number of rotatable bonds is 7. The van der Waals surface area contributed by atoms with E-state index in [-0.39, 0.29) is 12.5 Å². The zero-order valence-corrected chi connectivity index (χ0v) is 18.4. The summed E-state index contributed by atoms with van der Waals surface area (Å²) in [5, 5.41) is 3.41. The first kappa shape index (κ1) is 21.9. The van der Waals surface area contributed by atoms with E-state index < -0.39 is 10.0 Å². The largest absolute Gasteiger partial charge is 0.322 e. The summed E-state index contributed by atoms with van der Waals surface area (Å²) in [5.74, 6) is -0.251. The van der Waals surface area contributed by atoms with Crippen LogP contribution in [0.5, 0.6) is 0 Å². The highest BCUT2D eigenvalue weighted by molar-refractivity contribution is 7.92. The van der Waals surface area contributed by atoms with Crippen molar-refractivity contribution < 1.29 is 13.2 Å². The predicted molar refractivity (Wildman–Crippen MR) is 123 cm³/mol. The maximum absolute atomic E-state index is 12.6. The van der Waals surface area contributed by atoms with Gasteiger partial charge in [0.2, 0.25) is 10.0 Å². The molecule has 0 aromatic heterocycles. The van der Waals surface area contributed by atoms with Gasteiger partial charge in [-0.3, -0.25) is 9.10 Å². The SMILES string of the molecule is CCc1ccccc1NC(=O)c1ccc(N(Cc2ccccc2Cl)S(C)(=O)=O)cc1. The van der Waals surface area contributed by atoms with Crippen LogP contribution in [0.4, 0.5) is 11.4 Å². The number of hydrogen-bond acceptors (Lipinski definition) is 3. The van der Waals surface area contributed by atoms with Gasteiger partial charge in [0.05, 0.1) is 18.5 Å². The molecule has 30 heavy (non-hydrogen) atoms. The second-order valence-electron chi connectivity index (χ2n) is 6.87. The minimum atomic E-state index is -3.55. The highest BCUT2D eigenvalue weighted by Crippen LogP contribution is 2.25. The van der Waals surface area contributed by atoms with E-state index in [0.717, 1.165) is 23.9 Å². The lowest BCUT2D eigenvalue weighted by molar-refractivity contribution is 0.102. The molecule has 0 heterocycles. The molecule has 5 nitrogen and oxygen atoms in total. The number of amides is 1. The average molecular weight is 443 g/mol. The molecule has 0 radical (unpaired) electrons. The highest BCUT2D eigenvalue weighted by atomic mass is 35.5. The Morgan fingerprint density at radius 1 is 0.933 bits per heavy atom. The molecule has 3 rings (SSSR count). The summed E-state index contributed by atoms with van der Waals surface area (Å²) in [6, 6.07) is 21.2. The van der Waals surface area contributed by atoms with Gasteiger partial charge >= 0.3 is 0 Å². The number of halogens is 1. The summed E-state index contributed by atoms with van der Waals surface area (Å²) in [6.45, 7) is 2.13. The molecule has 1 amide bonds. The molecule has 3 aromatic carbocycles. The third-order valence-electron chi connectivity index (χ3n) is 4.74. The van der Waals surface area contributed by atoms with Crippen LogP contribution in [0.15, 0.2) is 72.8 Å². The van der Waals surface area contributed by atoms with Crippen molar-refractivity contribution >= 4 is 38.9 Å². The van der Waals surface area contributed by atoms with Gasteiger partial charge < -0.3 is 5.32 Å². The second kappa shape index (κ2) is 9.32. The topological polar surface area (TPSA) is 66.5 Å². The number of aryl methyl sites for hydroxylation is 1. The Hall–Kier alpha value is -2.83. The first-order valence-electron chi connectivity index (χ1n) is 9.50. The van der Waals surface area contributed by atoms with Crippen LogP contribution < -0.4 is 9.62 Å². The van der Waals surface area contributed by atoms with Crippen LogP contribution in [-0.2, 0) is 23.0 Å². The molecule has 0 unspecified atom stereocenters. The van der Waals surface area contributed by atoms with Crippen LogP contribution in [0.3, 0.4) is 0 Å². The molecule has 3 aromatic rings. The third-order valence-corrected chi connectivity index (χ3v) is 6.25. The van der Waals surface area contributed by atoms with Crippen LogP contribution in [0.2, 0.25) is 5.02 Å². The van der Waals surface area contributed by atoms with Crippen molar-refractivity contribution in [2.24, 2.45) is 0 Å². The van der Waals surface area contributed by atoms with Gasteiger partial charge in [0, 0.05) is 16.3 Å². The maximum atomic E-state index is 12.6. The van der Waals surface area contributed by atoms with Gasteiger partial charge in [-0.1, -0.05) is 54.9 Å². The second-order valence-corrected chi connectivity index (χ2v) is 9.19. The van der Waals surface area contributed by atoms with E-state index >= 15 is 0 Å². The lowest BCUT2D eigenvalue weighted by atomic mass is 10.1. The van der Waals surface area contributed by atoms with Crippen LogP contribution in [0.25, 0.3) is 0 Å². The fraction of sp³-hybridized carbons (Fsp3) is 0.174. The number of benzene rings is 3. The fourth-order valence-corrected chi connectivity index (χ4v) is 4.18. The van der Waals surface area contributed by atoms with Crippen LogP contribution in [-0.4, -0.2) is 20.6 Å². The van der Waals surface area contributed by atoms with E-state index in [9.17, 15) is 13.2 Å². The van der Waals surface area contributed by atoms with Gasteiger partial charge in [-0.15, -0.1) is 0 Å². The van der Waals surface area contributed by atoms with Crippen molar-refractivity contribution in [3.63, 3.8) is 0 Å². The summed E-state index contributed by atoms with van der Waals surface area (Å²) < 4.78 is 26.0. The minimum Gasteiger partial charge on any atom is -0.322 e. The van der Waals surface area contributed by atoms with E-state index in [4.69, 9.17) is 11.6 Å². The number of nitrogens with one attached hydrogen (secondary N) is 1. The fourth-order valence-electron chi connectivity index (χ4n) is 3.11. The van der Waals surface area contributed by atoms with Gasteiger partial charge in [-0.2, -0.15) is 0 Å². The van der Waals surface area contributed by atoms with E-state index in [0.29, 0.717) is 21.8 Å². The zero-order chi connectivity index (χ0) is 21.7. The lowest BCUT2D eigenvalue weighted by Gasteiger charge is -2.23. The molecule has 156 valence electrons. The monoisotopic (exact) mass is 442 g/mol. The molecule has 0 atom stereocenters. The molecule has 0 aliphatic carbocycles. The third kappa shape index (κ3) is 5.20. The zero-order valence-electron chi connectivity index (χ0n) is 16.8.